The number of rotatable bonds is 5. The molecule has 0 aliphatic heterocycles. The van der Waals surface area contributed by atoms with Crippen molar-refractivity contribution in [1.29, 1.82) is 0 Å². The quantitative estimate of drug-likeness (QED) is 0.798. The number of carbonyl (C=O) groups excluding carboxylic acids is 1. The monoisotopic (exact) mass is 397 g/mol. The van der Waals surface area contributed by atoms with Crippen LogP contribution in [-0.4, -0.2) is 23.5 Å². The molecular formula is C11H13Br2NO3S. The molecule has 1 heterocycles. The molecule has 0 aromatic carbocycles. The molecule has 2 N–H and O–H groups in total. The second kappa shape index (κ2) is 6.68. The van der Waals surface area contributed by atoms with Gasteiger partial charge in [-0.1, -0.05) is 13.8 Å². The van der Waals surface area contributed by atoms with Crippen molar-refractivity contribution in [2.75, 3.05) is 6.54 Å². The summed E-state index contributed by atoms with van der Waals surface area (Å²) in [5, 5.41) is 11.7. The van der Waals surface area contributed by atoms with Crippen LogP contribution in [0.15, 0.2) is 14.3 Å². The number of aliphatic carboxylic acids is 1. The van der Waals surface area contributed by atoms with Gasteiger partial charge in [-0.2, -0.15) is 0 Å². The van der Waals surface area contributed by atoms with Crippen molar-refractivity contribution >= 4 is 55.1 Å². The topological polar surface area (TPSA) is 66.4 Å². The fourth-order valence-electron chi connectivity index (χ4n) is 1.36. The predicted molar refractivity (Wildman–Crippen MR) is 78.0 cm³/mol. The summed E-state index contributed by atoms with van der Waals surface area (Å²) in [6.07, 6.45) is 0. The molecule has 18 heavy (non-hydrogen) atoms. The van der Waals surface area contributed by atoms with Crippen LogP contribution in [0.3, 0.4) is 0 Å². The summed E-state index contributed by atoms with van der Waals surface area (Å²) in [6, 6.07) is 1.70. The van der Waals surface area contributed by atoms with Crippen LogP contribution < -0.4 is 5.32 Å². The van der Waals surface area contributed by atoms with Crippen molar-refractivity contribution in [3.05, 3.63) is 19.2 Å². The number of hydrogen-bond acceptors (Lipinski definition) is 3. The summed E-state index contributed by atoms with van der Waals surface area (Å²) in [4.78, 5) is 23.4. The molecule has 1 aromatic rings. The lowest BCUT2D eigenvalue weighted by molar-refractivity contribution is -0.142. The fraction of sp³-hybridized carbons (Fsp3) is 0.455. The maximum Gasteiger partial charge on any atom is 0.308 e. The summed E-state index contributed by atoms with van der Waals surface area (Å²) in [7, 11) is 0. The van der Waals surface area contributed by atoms with Crippen LogP contribution in [0.1, 0.15) is 23.5 Å². The van der Waals surface area contributed by atoms with Gasteiger partial charge in [0.05, 0.1) is 14.6 Å². The molecule has 0 radical (unpaired) electrons. The van der Waals surface area contributed by atoms with Gasteiger partial charge in [-0.3, -0.25) is 9.59 Å². The summed E-state index contributed by atoms with van der Waals surface area (Å²) >= 11 is 7.91. The molecule has 1 rings (SSSR count). The van der Waals surface area contributed by atoms with E-state index >= 15 is 0 Å². The first-order valence-corrected chi connectivity index (χ1v) is 7.69. The molecule has 0 bridgehead atoms. The van der Waals surface area contributed by atoms with Crippen LogP contribution in [0.25, 0.3) is 0 Å². The molecule has 0 aliphatic carbocycles. The number of carboxylic acids is 1. The second-order valence-corrected chi connectivity index (χ2v) is 7.36. The Morgan fingerprint density at radius 3 is 2.44 bits per heavy atom. The van der Waals surface area contributed by atoms with Gasteiger partial charge in [0.15, 0.2) is 0 Å². The first kappa shape index (κ1) is 15.7. The van der Waals surface area contributed by atoms with Crippen molar-refractivity contribution in [2.45, 2.75) is 13.8 Å². The number of amides is 1. The normalized spacial score (nSPS) is 12.5. The zero-order valence-corrected chi connectivity index (χ0v) is 13.9. The van der Waals surface area contributed by atoms with Gasteiger partial charge in [-0.05, 0) is 43.8 Å². The van der Waals surface area contributed by atoms with Crippen LogP contribution in [0, 0.1) is 11.8 Å². The van der Waals surface area contributed by atoms with E-state index < -0.39 is 11.9 Å². The van der Waals surface area contributed by atoms with Gasteiger partial charge in [-0.15, -0.1) is 11.3 Å². The van der Waals surface area contributed by atoms with Gasteiger partial charge in [-0.25, -0.2) is 0 Å². The molecule has 0 aliphatic rings. The summed E-state index contributed by atoms with van der Waals surface area (Å²) < 4.78 is 1.66. The molecular weight excluding hydrogens is 386 g/mol. The summed E-state index contributed by atoms with van der Waals surface area (Å²) in [5.74, 6) is -1.73. The standard InChI is InChI=1S/C11H13Br2NO3S/c1-5(2)6(11(16)17)4-14-10(15)8-3-7(12)9(13)18-8/h3,5-6H,4H2,1-2H3,(H,14,15)(H,16,17). The lowest BCUT2D eigenvalue weighted by Gasteiger charge is -2.16. The van der Waals surface area contributed by atoms with Crippen molar-refractivity contribution < 1.29 is 14.7 Å². The number of hydrogen-bond donors (Lipinski definition) is 2. The highest BCUT2D eigenvalue weighted by Gasteiger charge is 2.22. The third-order valence-electron chi connectivity index (χ3n) is 2.47. The van der Waals surface area contributed by atoms with Gasteiger partial charge in [0.1, 0.15) is 0 Å². The van der Waals surface area contributed by atoms with Crippen molar-refractivity contribution in [2.24, 2.45) is 11.8 Å². The lowest BCUT2D eigenvalue weighted by atomic mass is 9.96. The average molecular weight is 399 g/mol. The van der Waals surface area contributed by atoms with Gasteiger partial charge in [0.25, 0.3) is 5.91 Å². The third-order valence-corrected chi connectivity index (χ3v) is 5.73. The SMILES string of the molecule is CC(C)C(CNC(=O)c1cc(Br)c(Br)s1)C(=O)O. The number of nitrogens with one attached hydrogen (secondary N) is 1. The van der Waals surface area contributed by atoms with E-state index in [4.69, 9.17) is 5.11 Å². The van der Waals surface area contributed by atoms with Crippen LogP contribution in [0.2, 0.25) is 0 Å². The predicted octanol–water partition coefficient (Wildman–Crippen LogP) is 3.36. The molecule has 100 valence electrons. The Bertz CT molecular complexity index is 440. The van der Waals surface area contributed by atoms with Gasteiger partial charge in [0.2, 0.25) is 0 Å². The van der Waals surface area contributed by atoms with E-state index in [1.54, 1.807) is 6.07 Å². The van der Waals surface area contributed by atoms with E-state index in [2.05, 4.69) is 37.2 Å². The Morgan fingerprint density at radius 1 is 1.44 bits per heavy atom. The third kappa shape index (κ3) is 4.07. The molecule has 4 nitrogen and oxygen atoms in total. The molecule has 0 spiro atoms. The Morgan fingerprint density at radius 2 is 2.06 bits per heavy atom. The van der Waals surface area contributed by atoms with Crippen LogP contribution in [0.5, 0.6) is 0 Å². The van der Waals surface area contributed by atoms with Gasteiger partial charge >= 0.3 is 5.97 Å². The minimum atomic E-state index is -0.890. The minimum Gasteiger partial charge on any atom is -0.481 e. The molecule has 7 heteroatoms. The minimum absolute atomic E-state index is 0.0235. The second-order valence-electron chi connectivity index (χ2n) is 4.13. The van der Waals surface area contributed by atoms with Crippen molar-refractivity contribution in [3.8, 4) is 0 Å². The Hall–Kier alpha value is -0.400. The van der Waals surface area contributed by atoms with E-state index in [0.717, 1.165) is 8.26 Å². The van der Waals surface area contributed by atoms with Crippen LogP contribution in [-0.2, 0) is 4.79 Å². The van der Waals surface area contributed by atoms with Crippen LogP contribution in [0.4, 0.5) is 0 Å². The molecule has 0 saturated heterocycles. The zero-order valence-electron chi connectivity index (χ0n) is 9.87. The zero-order chi connectivity index (χ0) is 13.9. The van der Waals surface area contributed by atoms with Crippen molar-refractivity contribution in [1.82, 2.24) is 5.32 Å². The van der Waals surface area contributed by atoms with Gasteiger partial charge < -0.3 is 10.4 Å². The number of carboxylic acid groups (broad SMARTS) is 1. The maximum absolute atomic E-state index is 11.8. The van der Waals surface area contributed by atoms with E-state index in [0.29, 0.717) is 4.88 Å². The maximum atomic E-state index is 11.8. The number of carbonyl (C=O) groups is 2. The Balaban J connectivity index is 2.63. The largest absolute Gasteiger partial charge is 0.481 e. The highest BCUT2D eigenvalue weighted by molar-refractivity contribution is 9.13. The molecule has 1 unspecified atom stereocenters. The smallest absolute Gasteiger partial charge is 0.308 e. The average Bonchev–Trinajstić information content (AvgIpc) is 2.58. The first-order valence-electron chi connectivity index (χ1n) is 5.28. The summed E-state index contributed by atoms with van der Waals surface area (Å²) in [5.41, 5.74) is 0. The Kier molecular flexibility index (Phi) is 5.81. The molecule has 1 atom stereocenters. The first-order chi connectivity index (χ1) is 8.32. The van der Waals surface area contributed by atoms with E-state index in [9.17, 15) is 9.59 Å². The lowest BCUT2D eigenvalue weighted by Crippen LogP contribution is -2.35. The number of halogens is 2. The van der Waals surface area contributed by atoms with E-state index in [1.165, 1.54) is 11.3 Å². The highest BCUT2D eigenvalue weighted by atomic mass is 79.9. The highest BCUT2D eigenvalue weighted by Crippen LogP contribution is 2.32. The van der Waals surface area contributed by atoms with Crippen molar-refractivity contribution in [3.63, 3.8) is 0 Å². The molecule has 1 amide bonds. The number of thiophene rings is 1. The molecule has 0 fully saturated rings. The van der Waals surface area contributed by atoms with Crippen LogP contribution >= 0.6 is 43.2 Å². The van der Waals surface area contributed by atoms with E-state index in [1.807, 2.05) is 13.8 Å². The van der Waals surface area contributed by atoms with E-state index in [-0.39, 0.29) is 18.4 Å². The van der Waals surface area contributed by atoms with Gasteiger partial charge in [0, 0.05) is 11.0 Å². The molecule has 0 saturated carbocycles. The fourth-order valence-corrected chi connectivity index (χ4v) is 3.31. The summed E-state index contributed by atoms with van der Waals surface area (Å²) in [6.45, 7) is 3.78. The molecule has 1 aromatic heterocycles. The Labute approximate surface area is 126 Å².